The van der Waals surface area contributed by atoms with E-state index in [0.29, 0.717) is 15.4 Å². The molecule has 2 aliphatic rings. The summed E-state index contributed by atoms with van der Waals surface area (Å²) in [7, 11) is 2.74. The summed E-state index contributed by atoms with van der Waals surface area (Å²) >= 11 is 5.70. The van der Waals surface area contributed by atoms with Crippen LogP contribution in [0.25, 0.3) is 0 Å². The minimum Gasteiger partial charge on any atom is -0.132 e. The molecule has 0 saturated carbocycles. The molecule has 0 amide bonds. The zero-order valence-electron chi connectivity index (χ0n) is 12.1. The lowest BCUT2D eigenvalue weighted by molar-refractivity contribution is 0.622. The molecule has 2 rings (SSSR count). The van der Waals surface area contributed by atoms with Gasteiger partial charge in [-0.1, -0.05) is 11.8 Å². The van der Waals surface area contributed by atoms with Gasteiger partial charge in [-0.2, -0.15) is 0 Å². The number of terminal acetylenes is 1. The quantitative estimate of drug-likeness (QED) is 0.403. The second-order valence-corrected chi connectivity index (χ2v) is 16.6. The highest BCUT2D eigenvalue weighted by Gasteiger charge is 2.23. The third kappa shape index (κ3) is 4.85. The Kier molecular flexibility index (Phi) is 5.97. The Morgan fingerprint density at radius 1 is 1.26 bits per heavy atom. The Morgan fingerprint density at radius 2 is 1.84 bits per heavy atom. The van der Waals surface area contributed by atoms with Crippen LogP contribution in [0.5, 0.6) is 0 Å². The summed E-state index contributed by atoms with van der Waals surface area (Å²) in [5.41, 5.74) is 0. The Balaban J connectivity index is 2.00. The fourth-order valence-electron chi connectivity index (χ4n) is 2.82. The monoisotopic (exact) mass is 332 g/mol. The van der Waals surface area contributed by atoms with Crippen LogP contribution in [-0.2, 0) is 31.2 Å². The van der Waals surface area contributed by atoms with Crippen molar-refractivity contribution in [1.82, 2.24) is 0 Å². The van der Waals surface area contributed by atoms with Crippen LogP contribution in [0.3, 0.4) is 0 Å². The normalized spacial score (nSPS) is 39.3. The van der Waals surface area contributed by atoms with Crippen LogP contribution in [0.4, 0.5) is 0 Å². The molecule has 0 aromatic rings. The van der Waals surface area contributed by atoms with Crippen LogP contribution >= 0.6 is 6.04 Å². The van der Waals surface area contributed by atoms with Crippen molar-refractivity contribution in [2.75, 3.05) is 30.5 Å². The van der Waals surface area contributed by atoms with E-state index in [1.807, 2.05) is 0 Å². The lowest BCUT2D eigenvalue weighted by Gasteiger charge is -2.29. The molecule has 2 aliphatic heterocycles. The number of rotatable bonds is 1. The van der Waals surface area contributed by atoms with E-state index in [1.54, 1.807) is 4.86 Å². The van der Waals surface area contributed by atoms with Gasteiger partial charge in [-0.3, -0.25) is 0 Å². The van der Waals surface area contributed by atoms with Gasteiger partial charge in [0.1, 0.15) is 0 Å². The van der Waals surface area contributed by atoms with Crippen molar-refractivity contribution in [3.63, 3.8) is 0 Å². The second kappa shape index (κ2) is 7.08. The van der Waals surface area contributed by atoms with Crippen molar-refractivity contribution >= 4 is 42.1 Å². The first-order valence-corrected chi connectivity index (χ1v) is 13.7. The molecular formula is C15H25PS3. The van der Waals surface area contributed by atoms with Crippen LogP contribution in [0, 0.1) is 24.2 Å². The molecule has 4 heteroatoms. The van der Waals surface area contributed by atoms with E-state index in [1.165, 1.54) is 49.5 Å². The zero-order chi connectivity index (χ0) is 13.9. The van der Waals surface area contributed by atoms with E-state index < -0.39 is 6.04 Å². The van der Waals surface area contributed by atoms with Gasteiger partial charge < -0.3 is 0 Å². The molecule has 0 radical (unpaired) electrons. The maximum absolute atomic E-state index is 5.70. The van der Waals surface area contributed by atoms with Crippen molar-refractivity contribution < 1.29 is 0 Å². The average molecular weight is 333 g/mol. The van der Waals surface area contributed by atoms with Crippen LogP contribution in [0.1, 0.15) is 32.6 Å². The molecule has 2 saturated heterocycles. The molecule has 0 aromatic heterocycles. The minimum absolute atomic E-state index is 0.549. The number of hydrogen-bond donors (Lipinski definition) is 0. The summed E-state index contributed by atoms with van der Waals surface area (Å²) in [5.74, 6) is 7.02. The molecule has 0 bridgehead atoms. The predicted molar refractivity (Wildman–Crippen MR) is 99.4 cm³/mol. The van der Waals surface area contributed by atoms with E-state index in [2.05, 4.69) is 29.4 Å². The molecule has 0 atom stereocenters. The van der Waals surface area contributed by atoms with E-state index in [-0.39, 0.29) is 0 Å². The molecule has 0 aromatic carbocycles. The zero-order valence-corrected chi connectivity index (χ0v) is 15.4. The molecular weight excluding hydrogens is 307 g/mol. The predicted octanol–water partition coefficient (Wildman–Crippen LogP) is 3.36. The van der Waals surface area contributed by atoms with Gasteiger partial charge in [-0.15, -0.1) is 31.7 Å². The molecule has 19 heavy (non-hydrogen) atoms. The van der Waals surface area contributed by atoms with Crippen molar-refractivity contribution in [2.45, 2.75) is 32.6 Å². The molecule has 2 heterocycles. The second-order valence-electron chi connectivity index (χ2n) is 6.00. The van der Waals surface area contributed by atoms with Gasteiger partial charge in [0, 0.05) is 5.92 Å². The SMILES string of the molecule is C#CC1CCS(=S=C(C)C2CCP(C)(=S)CC2)CC1. The maximum atomic E-state index is 5.70. The van der Waals surface area contributed by atoms with Gasteiger partial charge in [0.05, 0.1) is 0 Å². The molecule has 108 valence electrons. The van der Waals surface area contributed by atoms with Crippen LogP contribution in [0.15, 0.2) is 0 Å². The summed E-state index contributed by atoms with van der Waals surface area (Å²) in [5, 5.41) is 0. The summed E-state index contributed by atoms with van der Waals surface area (Å²) in [6.45, 7) is 4.73. The summed E-state index contributed by atoms with van der Waals surface area (Å²) in [6, 6.07) is -0.928. The average Bonchev–Trinajstić information content (AvgIpc) is 2.39. The fraction of sp³-hybridized carbons (Fsp3) is 0.800. The molecule has 0 spiro atoms. The number of hydrogen-bond acceptors (Lipinski definition) is 1. The fourth-order valence-corrected chi connectivity index (χ4v) is 10.2. The van der Waals surface area contributed by atoms with Crippen LogP contribution < -0.4 is 0 Å². The van der Waals surface area contributed by atoms with Gasteiger partial charge in [-0.25, -0.2) is 0 Å². The third-order valence-electron chi connectivity index (χ3n) is 4.35. The standard InChI is InChI=1S/C15H25PS3/c1-4-14-7-11-19(12-8-14)18-13(2)15-5-9-16(3,17)10-6-15/h1,14-15H,5-12H2,2-3H3. The Morgan fingerprint density at radius 3 is 2.37 bits per heavy atom. The van der Waals surface area contributed by atoms with Crippen molar-refractivity contribution in [3.8, 4) is 12.3 Å². The first-order valence-electron chi connectivity index (χ1n) is 7.21. The summed E-state index contributed by atoms with van der Waals surface area (Å²) in [4.78, 5) is 1.69. The van der Waals surface area contributed by atoms with Crippen LogP contribution in [-0.4, -0.2) is 35.4 Å². The van der Waals surface area contributed by atoms with Gasteiger partial charge in [0.2, 0.25) is 0 Å². The third-order valence-corrected chi connectivity index (χ3v) is 12.6. The summed E-state index contributed by atoms with van der Waals surface area (Å²) in [6.07, 6.45) is 13.4. The Hall–Kier alpha value is 0.650. The lowest BCUT2D eigenvalue weighted by Crippen LogP contribution is -2.22. The first kappa shape index (κ1) is 16.0. The van der Waals surface area contributed by atoms with E-state index in [9.17, 15) is 0 Å². The largest absolute Gasteiger partial charge is 0.132 e. The topological polar surface area (TPSA) is 0 Å². The van der Waals surface area contributed by atoms with Crippen molar-refractivity contribution in [2.24, 2.45) is 11.8 Å². The molecule has 0 aliphatic carbocycles. The lowest BCUT2D eigenvalue weighted by atomic mass is 10.00. The molecule has 2 fully saturated rings. The van der Waals surface area contributed by atoms with E-state index >= 15 is 0 Å². The highest BCUT2D eigenvalue weighted by molar-refractivity contribution is 8.35. The maximum Gasteiger partial charge on any atom is 0.0216 e. The van der Waals surface area contributed by atoms with Crippen molar-refractivity contribution in [3.05, 3.63) is 0 Å². The van der Waals surface area contributed by atoms with Crippen LogP contribution in [0.2, 0.25) is 0 Å². The highest BCUT2D eigenvalue weighted by Crippen LogP contribution is 2.48. The smallest absolute Gasteiger partial charge is 0.0216 e. The Bertz CT molecular complexity index is 472. The van der Waals surface area contributed by atoms with Gasteiger partial charge >= 0.3 is 0 Å². The van der Waals surface area contributed by atoms with Gasteiger partial charge in [-0.05, 0) is 79.9 Å². The molecule has 0 nitrogen and oxygen atoms in total. The highest BCUT2D eigenvalue weighted by atomic mass is 32.8. The molecule has 0 unspecified atom stereocenters. The van der Waals surface area contributed by atoms with Gasteiger partial charge in [0.25, 0.3) is 0 Å². The Labute approximate surface area is 129 Å². The van der Waals surface area contributed by atoms with Crippen molar-refractivity contribution in [1.29, 1.82) is 0 Å². The minimum atomic E-state index is -0.928. The molecule has 0 N–H and O–H groups in total. The van der Waals surface area contributed by atoms with Gasteiger partial charge in [0.15, 0.2) is 0 Å². The first-order chi connectivity index (χ1) is 9.00. The summed E-state index contributed by atoms with van der Waals surface area (Å²) < 4.78 is 0. The van der Waals surface area contributed by atoms with E-state index in [0.717, 1.165) is 5.92 Å². The van der Waals surface area contributed by atoms with E-state index in [4.69, 9.17) is 18.2 Å².